The smallest absolute Gasteiger partial charge is 0.347 e. The van der Waals surface area contributed by atoms with Crippen LogP contribution in [0.2, 0.25) is 0 Å². The Morgan fingerprint density at radius 2 is 1.61 bits per heavy atom. The number of rotatable bonds is 9. The maximum Gasteiger partial charge on any atom is 0.347 e. The lowest BCUT2D eigenvalue weighted by atomic mass is 9.87. The third kappa shape index (κ3) is 6.57. The van der Waals surface area contributed by atoms with Gasteiger partial charge in [0, 0.05) is 6.42 Å². The molecule has 0 aromatic heterocycles. The Kier molecular flexibility index (Phi) is 7.88. The highest BCUT2D eigenvalue weighted by Gasteiger charge is 2.23. The van der Waals surface area contributed by atoms with Crippen molar-refractivity contribution in [3.8, 4) is 11.5 Å². The Hall–Kier alpha value is -2.53. The lowest BCUT2D eigenvalue weighted by molar-refractivity contribution is -0.151. The fourth-order valence-corrected chi connectivity index (χ4v) is 2.71. The number of ether oxygens (including phenoxy) is 3. The predicted octanol–water partition coefficient (Wildman–Crippen LogP) is 3.91. The molecule has 0 saturated carbocycles. The van der Waals surface area contributed by atoms with Gasteiger partial charge in [0.05, 0.1) is 13.2 Å². The van der Waals surface area contributed by atoms with Crippen LogP contribution in [0.3, 0.4) is 0 Å². The molecule has 28 heavy (non-hydrogen) atoms. The highest BCUT2D eigenvalue weighted by atomic mass is 16.6. The van der Waals surface area contributed by atoms with Crippen molar-refractivity contribution >= 4 is 5.97 Å². The molecule has 0 fully saturated rings. The van der Waals surface area contributed by atoms with E-state index in [0.29, 0.717) is 24.5 Å². The Morgan fingerprint density at radius 3 is 2.14 bits per heavy atom. The average Bonchev–Trinajstić information content (AvgIpc) is 2.67. The van der Waals surface area contributed by atoms with Gasteiger partial charge in [0.25, 0.3) is 0 Å². The minimum absolute atomic E-state index is 0.0332. The minimum Gasteiger partial charge on any atom is -0.491 e. The molecule has 0 heterocycles. The number of aliphatic hydroxyl groups excluding tert-OH is 1. The van der Waals surface area contributed by atoms with Crippen molar-refractivity contribution in [2.45, 2.75) is 45.6 Å². The SMILES string of the molecule is CCOC(=O)C(Cc1ccc(OCCO)cc1)Oc1ccc(C(C)(C)C)cc1. The molecule has 0 aliphatic carbocycles. The van der Waals surface area contributed by atoms with Crippen LogP contribution in [0.1, 0.15) is 38.8 Å². The van der Waals surface area contributed by atoms with E-state index in [4.69, 9.17) is 19.3 Å². The fourth-order valence-electron chi connectivity index (χ4n) is 2.71. The highest BCUT2D eigenvalue weighted by molar-refractivity contribution is 5.75. The molecule has 5 heteroatoms. The first-order chi connectivity index (χ1) is 13.3. The molecule has 1 N–H and O–H groups in total. The van der Waals surface area contributed by atoms with Crippen molar-refractivity contribution in [2.75, 3.05) is 19.8 Å². The zero-order chi connectivity index (χ0) is 20.6. The summed E-state index contributed by atoms with van der Waals surface area (Å²) in [6.07, 6.45) is -0.343. The van der Waals surface area contributed by atoms with E-state index in [2.05, 4.69) is 20.8 Å². The molecule has 5 nitrogen and oxygen atoms in total. The molecule has 0 amide bonds. The molecule has 0 radical (unpaired) electrons. The highest BCUT2D eigenvalue weighted by Crippen LogP contribution is 2.25. The van der Waals surface area contributed by atoms with E-state index in [1.165, 1.54) is 5.56 Å². The summed E-state index contributed by atoms with van der Waals surface area (Å²) in [6, 6.07) is 15.2. The van der Waals surface area contributed by atoms with Gasteiger partial charge in [0.1, 0.15) is 18.1 Å². The van der Waals surface area contributed by atoms with Crippen molar-refractivity contribution < 1.29 is 24.1 Å². The zero-order valence-corrected chi connectivity index (χ0v) is 17.1. The lowest BCUT2D eigenvalue weighted by Crippen LogP contribution is -2.31. The van der Waals surface area contributed by atoms with Crippen LogP contribution in [0, 0.1) is 0 Å². The standard InChI is InChI=1S/C23H30O5/c1-5-26-22(25)21(16-17-6-10-19(11-7-17)27-15-14-24)28-20-12-8-18(9-13-20)23(2,3)4/h6-13,21,24H,5,14-16H2,1-4H3. The van der Waals surface area contributed by atoms with E-state index < -0.39 is 6.10 Å². The predicted molar refractivity (Wildman–Crippen MR) is 109 cm³/mol. The van der Waals surface area contributed by atoms with Crippen molar-refractivity contribution in [3.63, 3.8) is 0 Å². The molecular weight excluding hydrogens is 356 g/mol. The molecule has 0 aliphatic rings. The topological polar surface area (TPSA) is 65.0 Å². The van der Waals surface area contributed by atoms with E-state index >= 15 is 0 Å². The Labute approximate surface area is 167 Å². The van der Waals surface area contributed by atoms with Crippen molar-refractivity contribution in [1.82, 2.24) is 0 Å². The first-order valence-corrected chi connectivity index (χ1v) is 9.60. The fraction of sp³-hybridized carbons (Fsp3) is 0.435. The molecule has 0 spiro atoms. The molecule has 2 aromatic carbocycles. The van der Waals surface area contributed by atoms with Crippen LogP contribution in [-0.4, -0.2) is 37.0 Å². The summed E-state index contributed by atoms with van der Waals surface area (Å²) >= 11 is 0. The van der Waals surface area contributed by atoms with Gasteiger partial charge >= 0.3 is 5.97 Å². The quantitative estimate of drug-likeness (QED) is 0.662. The van der Waals surface area contributed by atoms with Gasteiger partial charge in [-0.25, -0.2) is 4.79 Å². The molecule has 0 saturated heterocycles. The number of hydrogen-bond acceptors (Lipinski definition) is 5. The zero-order valence-electron chi connectivity index (χ0n) is 17.1. The van der Waals surface area contributed by atoms with E-state index in [0.717, 1.165) is 5.56 Å². The minimum atomic E-state index is -0.732. The molecule has 1 unspecified atom stereocenters. The molecule has 0 bridgehead atoms. The van der Waals surface area contributed by atoms with Gasteiger partial charge in [-0.15, -0.1) is 0 Å². The number of hydrogen-bond donors (Lipinski definition) is 1. The average molecular weight is 386 g/mol. The van der Waals surface area contributed by atoms with Gasteiger partial charge in [-0.2, -0.15) is 0 Å². The first kappa shape index (κ1) is 21.8. The largest absolute Gasteiger partial charge is 0.491 e. The number of carbonyl (C=O) groups is 1. The Morgan fingerprint density at radius 1 is 1.00 bits per heavy atom. The first-order valence-electron chi connectivity index (χ1n) is 9.60. The van der Waals surface area contributed by atoms with Crippen LogP contribution in [0.15, 0.2) is 48.5 Å². The third-order valence-electron chi connectivity index (χ3n) is 4.25. The maximum atomic E-state index is 12.4. The maximum absolute atomic E-state index is 12.4. The second kappa shape index (κ2) is 10.1. The van der Waals surface area contributed by atoms with Gasteiger partial charge in [-0.3, -0.25) is 0 Å². The van der Waals surface area contributed by atoms with Crippen molar-refractivity contribution in [1.29, 1.82) is 0 Å². The van der Waals surface area contributed by atoms with E-state index in [1.54, 1.807) is 6.92 Å². The molecule has 1 atom stereocenters. The van der Waals surface area contributed by atoms with Gasteiger partial charge in [-0.1, -0.05) is 45.0 Å². The van der Waals surface area contributed by atoms with Crippen molar-refractivity contribution in [3.05, 3.63) is 59.7 Å². The third-order valence-corrected chi connectivity index (χ3v) is 4.25. The summed E-state index contributed by atoms with van der Waals surface area (Å²) in [5.74, 6) is 0.918. The second-order valence-electron chi connectivity index (χ2n) is 7.55. The number of aliphatic hydroxyl groups is 1. The summed E-state index contributed by atoms with van der Waals surface area (Å²) in [7, 11) is 0. The van der Waals surface area contributed by atoms with E-state index in [9.17, 15) is 4.79 Å². The number of benzene rings is 2. The summed E-state index contributed by atoms with van der Waals surface area (Å²) in [4.78, 5) is 12.4. The molecule has 2 rings (SSSR count). The normalized spacial score (nSPS) is 12.3. The molecular formula is C23H30O5. The van der Waals surface area contributed by atoms with Gasteiger partial charge in [0.2, 0.25) is 0 Å². The van der Waals surface area contributed by atoms with Crippen LogP contribution in [0.5, 0.6) is 11.5 Å². The summed E-state index contributed by atoms with van der Waals surface area (Å²) < 4.78 is 16.5. The van der Waals surface area contributed by atoms with Gasteiger partial charge in [0.15, 0.2) is 6.10 Å². The Bertz CT molecular complexity index is 729. The van der Waals surface area contributed by atoms with Crippen LogP contribution in [0.4, 0.5) is 0 Å². The van der Waals surface area contributed by atoms with E-state index in [1.807, 2.05) is 48.5 Å². The van der Waals surface area contributed by atoms with Crippen molar-refractivity contribution in [2.24, 2.45) is 0 Å². The summed E-state index contributed by atoms with van der Waals surface area (Å²) in [5, 5.41) is 8.82. The molecule has 2 aromatic rings. The van der Waals surface area contributed by atoms with Crippen LogP contribution >= 0.6 is 0 Å². The summed E-state index contributed by atoms with van der Waals surface area (Å²) in [5.41, 5.74) is 2.19. The van der Waals surface area contributed by atoms with E-state index in [-0.39, 0.29) is 24.6 Å². The number of esters is 1. The molecule has 0 aliphatic heterocycles. The Balaban J connectivity index is 2.10. The van der Waals surface area contributed by atoms with Crippen LogP contribution < -0.4 is 9.47 Å². The summed E-state index contributed by atoms with van der Waals surface area (Å²) in [6.45, 7) is 8.75. The molecule has 152 valence electrons. The van der Waals surface area contributed by atoms with Crippen LogP contribution in [-0.2, 0) is 21.4 Å². The van der Waals surface area contributed by atoms with Crippen LogP contribution in [0.25, 0.3) is 0 Å². The van der Waals surface area contributed by atoms with Gasteiger partial charge in [-0.05, 0) is 47.7 Å². The number of carbonyl (C=O) groups excluding carboxylic acids is 1. The lowest BCUT2D eigenvalue weighted by Gasteiger charge is -2.21. The second-order valence-corrected chi connectivity index (χ2v) is 7.55. The van der Waals surface area contributed by atoms with Gasteiger partial charge < -0.3 is 19.3 Å². The monoisotopic (exact) mass is 386 g/mol.